The number of allylic oxidation sites excluding steroid dienone is 9. The molecule has 284 valence electrons. The van der Waals surface area contributed by atoms with Crippen LogP contribution in [0.4, 0.5) is 0 Å². The lowest BCUT2D eigenvalue weighted by Crippen LogP contribution is -2.45. The van der Waals surface area contributed by atoms with Crippen LogP contribution in [0.1, 0.15) is 155 Å². The lowest BCUT2D eigenvalue weighted by atomic mass is 10.1. The zero-order valence-corrected chi connectivity index (χ0v) is 32.1. The molecule has 49 heavy (non-hydrogen) atoms. The van der Waals surface area contributed by atoms with Crippen LogP contribution in [0.15, 0.2) is 60.8 Å². The highest BCUT2D eigenvalue weighted by atomic mass is 31.2. The van der Waals surface area contributed by atoms with E-state index in [1.165, 1.54) is 77.0 Å². The molecule has 0 aliphatic heterocycles. The molecule has 0 spiro atoms. The predicted octanol–water partition coefficient (Wildman–Crippen LogP) is 10.3. The minimum Gasteiger partial charge on any atom is -0.387 e. The first-order valence-corrected chi connectivity index (χ1v) is 20.9. The van der Waals surface area contributed by atoms with Crippen LogP contribution in [0.25, 0.3) is 0 Å². The molecular formula is C40H73N2O6P. The first-order valence-electron chi connectivity index (χ1n) is 19.4. The van der Waals surface area contributed by atoms with Gasteiger partial charge in [0.1, 0.15) is 0 Å². The summed E-state index contributed by atoms with van der Waals surface area (Å²) in [5.74, 6) is -0.218. The molecule has 3 atom stereocenters. The maximum atomic E-state index is 12.7. The minimum atomic E-state index is -4.35. The highest BCUT2D eigenvalue weighted by Crippen LogP contribution is 2.43. The highest BCUT2D eigenvalue weighted by molar-refractivity contribution is 7.47. The van der Waals surface area contributed by atoms with Gasteiger partial charge in [-0.1, -0.05) is 139 Å². The molecule has 0 aromatic carbocycles. The summed E-state index contributed by atoms with van der Waals surface area (Å²) in [6.07, 6.45) is 44.1. The number of nitrogens with one attached hydrogen (secondary N) is 1. The van der Waals surface area contributed by atoms with Gasteiger partial charge in [0.15, 0.2) is 0 Å². The van der Waals surface area contributed by atoms with E-state index in [4.69, 9.17) is 14.8 Å². The van der Waals surface area contributed by atoms with Crippen LogP contribution in [0.3, 0.4) is 0 Å². The molecule has 1 amide bonds. The zero-order chi connectivity index (χ0) is 36.1. The second kappa shape index (κ2) is 36.0. The first-order chi connectivity index (χ1) is 23.9. The standard InChI is InChI=1S/C40H73N2O6P/c1-3-5-7-9-11-13-15-16-17-18-19-20-21-22-24-26-28-30-32-34-40(44)42-38(37-48-49(45,46)47-36-35-41)39(43)33-31-29-27-25-23-14-12-10-8-6-4-2/h8,10-11,13,16-17,23,25,31,33,38-39,43H,3-7,9,12,14-15,18-22,24,26-30,32,34-37,41H2,1-2H3,(H,42,44)(H,45,46)/b10-8+,13-11-,17-16-,25-23+,33-31+. The molecule has 0 fully saturated rings. The van der Waals surface area contributed by atoms with Crippen LogP contribution in [-0.4, -0.2) is 47.8 Å². The van der Waals surface area contributed by atoms with E-state index in [2.05, 4.69) is 67.8 Å². The number of amides is 1. The number of phosphoric acid groups is 1. The molecule has 0 heterocycles. The molecule has 0 aromatic rings. The maximum absolute atomic E-state index is 12.7. The molecule has 5 N–H and O–H groups in total. The molecular weight excluding hydrogens is 635 g/mol. The normalized spacial score (nSPS) is 15.0. The summed E-state index contributed by atoms with van der Waals surface area (Å²) in [5.41, 5.74) is 5.35. The number of phosphoric ester groups is 1. The second-order valence-electron chi connectivity index (χ2n) is 12.8. The quantitative estimate of drug-likeness (QED) is 0.0293. The lowest BCUT2D eigenvalue weighted by Gasteiger charge is -2.23. The van der Waals surface area contributed by atoms with Gasteiger partial charge in [-0.2, -0.15) is 0 Å². The van der Waals surface area contributed by atoms with Gasteiger partial charge in [-0.3, -0.25) is 13.8 Å². The van der Waals surface area contributed by atoms with Crippen molar-refractivity contribution in [3.63, 3.8) is 0 Å². The first kappa shape index (κ1) is 47.2. The van der Waals surface area contributed by atoms with Crippen molar-refractivity contribution in [2.75, 3.05) is 19.8 Å². The van der Waals surface area contributed by atoms with Gasteiger partial charge < -0.3 is 21.1 Å². The number of hydrogen-bond acceptors (Lipinski definition) is 6. The third-order valence-corrected chi connectivity index (χ3v) is 9.01. The van der Waals surface area contributed by atoms with Crippen LogP contribution >= 0.6 is 7.82 Å². The van der Waals surface area contributed by atoms with Crippen molar-refractivity contribution < 1.29 is 28.4 Å². The molecule has 0 bridgehead atoms. The summed E-state index contributed by atoms with van der Waals surface area (Å²) in [6, 6.07) is -0.885. The number of carbonyl (C=O) groups is 1. The van der Waals surface area contributed by atoms with E-state index in [9.17, 15) is 19.4 Å². The van der Waals surface area contributed by atoms with E-state index in [0.717, 1.165) is 57.8 Å². The van der Waals surface area contributed by atoms with Gasteiger partial charge in [-0.05, 0) is 70.6 Å². The Kier molecular flexibility index (Phi) is 34.7. The third-order valence-electron chi connectivity index (χ3n) is 8.02. The van der Waals surface area contributed by atoms with Crippen molar-refractivity contribution in [3.8, 4) is 0 Å². The number of aliphatic hydroxyl groups is 1. The van der Waals surface area contributed by atoms with E-state index < -0.39 is 20.0 Å². The second-order valence-corrected chi connectivity index (χ2v) is 14.2. The van der Waals surface area contributed by atoms with Crippen molar-refractivity contribution in [3.05, 3.63) is 60.8 Å². The van der Waals surface area contributed by atoms with Crippen molar-refractivity contribution in [2.24, 2.45) is 5.73 Å². The Balaban J connectivity index is 4.28. The molecule has 0 saturated carbocycles. The van der Waals surface area contributed by atoms with Gasteiger partial charge in [0.25, 0.3) is 0 Å². The van der Waals surface area contributed by atoms with Crippen LogP contribution in [0.5, 0.6) is 0 Å². The maximum Gasteiger partial charge on any atom is 0.472 e. The minimum absolute atomic E-state index is 0.0685. The largest absolute Gasteiger partial charge is 0.472 e. The SMILES string of the molecule is CCC/C=C/CC/C=C/CC/C=C/C(O)C(COP(=O)(O)OCCN)NC(=O)CCCCCCCCCCC/C=C\C/C=C\CCCCC. The number of rotatable bonds is 35. The number of aliphatic hydroxyl groups excluding tert-OH is 1. The molecule has 0 radical (unpaired) electrons. The van der Waals surface area contributed by atoms with Gasteiger partial charge in [0, 0.05) is 13.0 Å². The summed E-state index contributed by atoms with van der Waals surface area (Å²) < 4.78 is 22.0. The molecule has 8 nitrogen and oxygen atoms in total. The average molecular weight is 709 g/mol. The van der Waals surface area contributed by atoms with Crippen molar-refractivity contribution in [2.45, 2.75) is 167 Å². The Morgan fingerprint density at radius 3 is 1.76 bits per heavy atom. The Labute approximate surface area is 300 Å². The van der Waals surface area contributed by atoms with E-state index in [1.54, 1.807) is 6.08 Å². The zero-order valence-electron chi connectivity index (χ0n) is 31.2. The Hall–Kier alpha value is -1.80. The number of nitrogens with two attached hydrogens (primary N) is 1. The molecule has 0 saturated heterocycles. The summed E-state index contributed by atoms with van der Waals surface area (Å²) in [5, 5.41) is 13.6. The smallest absolute Gasteiger partial charge is 0.387 e. The monoisotopic (exact) mass is 709 g/mol. The summed E-state index contributed by atoms with van der Waals surface area (Å²) in [7, 11) is -4.35. The fourth-order valence-corrected chi connectivity index (χ4v) is 5.84. The van der Waals surface area contributed by atoms with Crippen molar-refractivity contribution >= 4 is 13.7 Å². The molecule has 3 unspecified atom stereocenters. The van der Waals surface area contributed by atoms with Crippen LogP contribution in [0.2, 0.25) is 0 Å². The van der Waals surface area contributed by atoms with E-state index in [1.807, 2.05) is 6.08 Å². The molecule has 0 rings (SSSR count). The number of unbranched alkanes of at least 4 members (excludes halogenated alkanes) is 15. The third kappa shape index (κ3) is 34.4. The molecule has 9 heteroatoms. The molecule has 0 aliphatic rings. The number of carbonyl (C=O) groups excluding carboxylic acids is 1. The molecule has 0 aromatic heterocycles. The van der Waals surface area contributed by atoms with Gasteiger partial charge >= 0.3 is 7.82 Å². The number of hydrogen-bond donors (Lipinski definition) is 4. The summed E-state index contributed by atoms with van der Waals surface area (Å²) in [4.78, 5) is 22.6. The Morgan fingerprint density at radius 1 is 0.673 bits per heavy atom. The fraction of sp³-hybridized carbons (Fsp3) is 0.725. The molecule has 0 aliphatic carbocycles. The average Bonchev–Trinajstić information content (AvgIpc) is 3.09. The van der Waals surface area contributed by atoms with Gasteiger partial charge in [0.2, 0.25) is 5.91 Å². The van der Waals surface area contributed by atoms with E-state index >= 15 is 0 Å². The van der Waals surface area contributed by atoms with E-state index in [0.29, 0.717) is 6.42 Å². The fourth-order valence-electron chi connectivity index (χ4n) is 5.08. The highest BCUT2D eigenvalue weighted by Gasteiger charge is 2.26. The van der Waals surface area contributed by atoms with Crippen LogP contribution in [0, 0.1) is 0 Å². The van der Waals surface area contributed by atoms with E-state index in [-0.39, 0.29) is 25.7 Å². The lowest BCUT2D eigenvalue weighted by molar-refractivity contribution is -0.123. The topological polar surface area (TPSA) is 131 Å². The van der Waals surface area contributed by atoms with Gasteiger partial charge in [-0.15, -0.1) is 0 Å². The van der Waals surface area contributed by atoms with Crippen molar-refractivity contribution in [1.82, 2.24) is 5.32 Å². The van der Waals surface area contributed by atoms with Crippen molar-refractivity contribution in [1.29, 1.82) is 0 Å². The van der Waals surface area contributed by atoms with Crippen LogP contribution in [-0.2, 0) is 18.4 Å². The van der Waals surface area contributed by atoms with Gasteiger partial charge in [0.05, 0.1) is 25.4 Å². The predicted molar refractivity (Wildman–Crippen MR) is 207 cm³/mol. The summed E-state index contributed by atoms with van der Waals surface area (Å²) >= 11 is 0. The van der Waals surface area contributed by atoms with Crippen LogP contribution < -0.4 is 11.1 Å². The summed E-state index contributed by atoms with van der Waals surface area (Å²) in [6.45, 7) is 3.98. The Bertz CT molecular complexity index is 949. The Morgan fingerprint density at radius 2 is 1.18 bits per heavy atom. The van der Waals surface area contributed by atoms with Gasteiger partial charge in [-0.25, -0.2) is 4.57 Å².